The van der Waals surface area contributed by atoms with E-state index < -0.39 is 23.8 Å². The van der Waals surface area contributed by atoms with E-state index in [1.165, 1.54) is 0 Å². The van der Waals surface area contributed by atoms with Gasteiger partial charge in [0.05, 0.1) is 0 Å². The lowest BCUT2D eigenvalue weighted by Gasteiger charge is -2.20. The van der Waals surface area contributed by atoms with Crippen molar-refractivity contribution in [3.63, 3.8) is 0 Å². The molecular weight excluding hydrogens is 229 g/mol. The van der Waals surface area contributed by atoms with E-state index in [-0.39, 0.29) is 18.9 Å². The van der Waals surface area contributed by atoms with Gasteiger partial charge in [0.15, 0.2) is 6.17 Å². The molecule has 0 aromatic rings. The summed E-state index contributed by atoms with van der Waals surface area (Å²) >= 11 is 0. The maximum atomic E-state index is 12.8. The smallest absolute Gasteiger partial charge is 0.407 e. The van der Waals surface area contributed by atoms with Crippen LogP contribution in [0, 0.1) is 5.92 Å². The number of amides is 1. The zero-order chi connectivity index (χ0) is 13.6. The Balaban J connectivity index is 3.88. The van der Waals surface area contributed by atoms with Gasteiger partial charge in [0.2, 0.25) is 0 Å². The second kappa shape index (κ2) is 6.42. The molecule has 100 valence electrons. The number of rotatable bonds is 5. The Morgan fingerprint density at radius 2 is 1.94 bits per heavy atom. The molecule has 0 fully saturated rings. The van der Waals surface area contributed by atoms with E-state index in [2.05, 4.69) is 5.32 Å². The van der Waals surface area contributed by atoms with Crippen LogP contribution in [0.1, 0.15) is 34.1 Å². The zero-order valence-corrected chi connectivity index (χ0v) is 10.6. The van der Waals surface area contributed by atoms with E-state index in [4.69, 9.17) is 9.84 Å². The summed E-state index contributed by atoms with van der Waals surface area (Å²) in [5, 5.41) is 10.8. The fourth-order valence-corrected chi connectivity index (χ4v) is 1.11. The van der Waals surface area contributed by atoms with E-state index in [9.17, 15) is 14.0 Å². The Morgan fingerprint density at radius 3 is 2.35 bits per heavy atom. The molecule has 0 aliphatic heterocycles. The molecule has 0 saturated heterocycles. The fourth-order valence-electron chi connectivity index (χ4n) is 1.11. The second-order valence-electron chi connectivity index (χ2n) is 5.03. The molecule has 0 saturated carbocycles. The van der Waals surface area contributed by atoms with Crippen molar-refractivity contribution in [3.05, 3.63) is 0 Å². The van der Waals surface area contributed by atoms with Crippen LogP contribution in [-0.4, -0.2) is 35.5 Å². The van der Waals surface area contributed by atoms with E-state index >= 15 is 0 Å². The number of alkyl halides is 1. The van der Waals surface area contributed by atoms with Crippen LogP contribution in [0.25, 0.3) is 0 Å². The topological polar surface area (TPSA) is 75.6 Å². The molecular formula is C11H20FNO4. The summed E-state index contributed by atoms with van der Waals surface area (Å²) in [5.74, 6) is -1.75. The number of halogens is 1. The summed E-state index contributed by atoms with van der Waals surface area (Å²) in [7, 11) is 0. The first-order valence-electron chi connectivity index (χ1n) is 5.45. The van der Waals surface area contributed by atoms with Crippen molar-refractivity contribution in [2.45, 2.75) is 45.9 Å². The second-order valence-corrected chi connectivity index (χ2v) is 5.03. The van der Waals surface area contributed by atoms with Crippen molar-refractivity contribution in [2.24, 2.45) is 5.92 Å². The molecule has 0 rings (SSSR count). The number of carboxylic acids is 1. The van der Waals surface area contributed by atoms with Gasteiger partial charge in [-0.3, -0.25) is 0 Å². The lowest BCUT2D eigenvalue weighted by Crippen LogP contribution is -2.35. The van der Waals surface area contributed by atoms with Gasteiger partial charge in [-0.15, -0.1) is 0 Å². The van der Waals surface area contributed by atoms with Gasteiger partial charge >= 0.3 is 12.1 Å². The Morgan fingerprint density at radius 1 is 1.41 bits per heavy atom. The largest absolute Gasteiger partial charge is 0.479 e. The van der Waals surface area contributed by atoms with Crippen molar-refractivity contribution in [3.8, 4) is 0 Å². The van der Waals surface area contributed by atoms with Gasteiger partial charge in [-0.05, 0) is 33.1 Å². The maximum absolute atomic E-state index is 12.8. The third kappa shape index (κ3) is 8.47. The monoisotopic (exact) mass is 249 g/mol. The number of ether oxygens (including phenoxy) is 1. The first-order chi connectivity index (χ1) is 7.61. The molecule has 2 N–H and O–H groups in total. The van der Waals surface area contributed by atoms with E-state index in [0.29, 0.717) is 0 Å². The van der Waals surface area contributed by atoms with Gasteiger partial charge in [-0.25, -0.2) is 14.0 Å². The average Bonchev–Trinajstić information content (AvgIpc) is 2.11. The predicted molar refractivity (Wildman–Crippen MR) is 60.5 cm³/mol. The van der Waals surface area contributed by atoms with Crippen LogP contribution in [0.5, 0.6) is 0 Å². The molecule has 0 spiro atoms. The molecule has 0 aromatic carbocycles. The molecule has 2 atom stereocenters. The summed E-state index contributed by atoms with van der Waals surface area (Å²) in [4.78, 5) is 21.5. The highest BCUT2D eigenvalue weighted by Gasteiger charge is 2.20. The van der Waals surface area contributed by atoms with Gasteiger partial charge in [0.1, 0.15) is 5.60 Å². The normalized spacial score (nSPS) is 14.9. The van der Waals surface area contributed by atoms with Crippen LogP contribution in [0.4, 0.5) is 9.18 Å². The van der Waals surface area contributed by atoms with E-state index in [1.54, 1.807) is 27.7 Å². The lowest BCUT2D eigenvalue weighted by molar-refractivity contribution is -0.143. The highest BCUT2D eigenvalue weighted by molar-refractivity contribution is 5.72. The van der Waals surface area contributed by atoms with Crippen LogP contribution in [0.2, 0.25) is 0 Å². The van der Waals surface area contributed by atoms with Crippen LogP contribution < -0.4 is 5.32 Å². The fraction of sp³-hybridized carbons (Fsp3) is 0.818. The molecule has 17 heavy (non-hydrogen) atoms. The number of nitrogens with one attached hydrogen (secondary N) is 1. The quantitative estimate of drug-likeness (QED) is 0.781. The number of carbonyl (C=O) groups is 2. The maximum Gasteiger partial charge on any atom is 0.407 e. The lowest BCUT2D eigenvalue weighted by atomic mass is 10.0. The summed E-state index contributed by atoms with van der Waals surface area (Å²) in [6.07, 6.45) is -2.62. The van der Waals surface area contributed by atoms with Crippen LogP contribution in [0.3, 0.4) is 0 Å². The highest BCUT2D eigenvalue weighted by atomic mass is 19.1. The van der Waals surface area contributed by atoms with Crippen molar-refractivity contribution in [1.29, 1.82) is 0 Å². The van der Waals surface area contributed by atoms with Crippen molar-refractivity contribution in [1.82, 2.24) is 5.32 Å². The molecule has 5 nitrogen and oxygen atoms in total. The number of hydrogen-bond acceptors (Lipinski definition) is 3. The minimum Gasteiger partial charge on any atom is -0.479 e. The van der Waals surface area contributed by atoms with E-state index in [1.807, 2.05) is 0 Å². The highest BCUT2D eigenvalue weighted by Crippen LogP contribution is 2.10. The Kier molecular flexibility index (Phi) is 5.91. The van der Waals surface area contributed by atoms with E-state index in [0.717, 1.165) is 0 Å². The van der Waals surface area contributed by atoms with Crippen LogP contribution in [0.15, 0.2) is 0 Å². The number of carbonyl (C=O) groups excluding carboxylic acids is 1. The molecule has 0 radical (unpaired) electrons. The van der Waals surface area contributed by atoms with Gasteiger partial charge in [0, 0.05) is 6.54 Å². The molecule has 2 unspecified atom stereocenters. The summed E-state index contributed by atoms with van der Waals surface area (Å²) in [6.45, 7) is 7.05. The molecule has 0 heterocycles. The standard InChI is InChI=1S/C11H20FNO4/c1-7(5-8(12)9(14)15)6-13-10(16)17-11(2,3)4/h7-8H,5-6H2,1-4H3,(H,13,16)(H,14,15). The Bertz CT molecular complexity index is 275. The third-order valence-corrected chi connectivity index (χ3v) is 1.87. The molecule has 0 aromatic heterocycles. The first-order valence-corrected chi connectivity index (χ1v) is 5.45. The SMILES string of the molecule is CC(CNC(=O)OC(C)(C)C)CC(F)C(=O)O. The van der Waals surface area contributed by atoms with Crippen LogP contribution in [-0.2, 0) is 9.53 Å². The molecule has 1 amide bonds. The van der Waals surface area contributed by atoms with Gasteiger partial charge in [-0.1, -0.05) is 6.92 Å². The average molecular weight is 249 g/mol. The molecule has 0 bridgehead atoms. The van der Waals surface area contributed by atoms with Gasteiger partial charge in [-0.2, -0.15) is 0 Å². The molecule has 6 heteroatoms. The Labute approximate surface area is 100 Å². The molecule has 0 aliphatic carbocycles. The van der Waals surface area contributed by atoms with Crippen molar-refractivity contribution < 1.29 is 23.8 Å². The van der Waals surface area contributed by atoms with Crippen LogP contribution >= 0.6 is 0 Å². The van der Waals surface area contributed by atoms with Gasteiger partial charge < -0.3 is 15.2 Å². The number of hydrogen-bond donors (Lipinski definition) is 2. The predicted octanol–water partition coefficient (Wildman–Crippen LogP) is 1.96. The van der Waals surface area contributed by atoms with Crippen molar-refractivity contribution >= 4 is 12.1 Å². The Hall–Kier alpha value is -1.33. The molecule has 0 aliphatic rings. The summed E-state index contributed by atoms with van der Waals surface area (Å²) in [5.41, 5.74) is -0.586. The number of carboxylic acid groups (broad SMARTS) is 1. The third-order valence-electron chi connectivity index (χ3n) is 1.87. The first kappa shape index (κ1) is 15.7. The minimum absolute atomic E-state index is 0.134. The zero-order valence-electron chi connectivity index (χ0n) is 10.6. The summed E-state index contributed by atoms with van der Waals surface area (Å²) in [6, 6.07) is 0. The number of aliphatic carboxylic acids is 1. The van der Waals surface area contributed by atoms with Crippen molar-refractivity contribution in [2.75, 3.05) is 6.54 Å². The number of alkyl carbamates (subject to hydrolysis) is 1. The van der Waals surface area contributed by atoms with Gasteiger partial charge in [0.25, 0.3) is 0 Å². The summed E-state index contributed by atoms with van der Waals surface area (Å²) < 4.78 is 17.8. The minimum atomic E-state index is -1.90.